The van der Waals surface area contributed by atoms with E-state index in [9.17, 15) is 14.3 Å². The highest BCUT2D eigenvalue weighted by Crippen LogP contribution is 2.20. The first-order valence-electron chi connectivity index (χ1n) is 12.9. The number of aliphatic carboxylic acids is 1. The van der Waals surface area contributed by atoms with Gasteiger partial charge in [0.25, 0.3) is 0 Å². The van der Waals surface area contributed by atoms with Gasteiger partial charge in [0.1, 0.15) is 24.0 Å². The number of fused-ring (bicyclic) bond motifs is 1. The Kier molecular flexibility index (Phi) is 9.75. The van der Waals surface area contributed by atoms with E-state index in [-0.39, 0.29) is 6.67 Å². The maximum absolute atomic E-state index is 12.9. The van der Waals surface area contributed by atoms with Crippen LogP contribution in [-0.2, 0) is 17.6 Å². The molecule has 0 unspecified atom stereocenters. The molecule has 10 nitrogen and oxygen atoms in total. The molecule has 0 bridgehead atoms. The average Bonchev–Trinajstić information content (AvgIpc) is 3.46. The highest BCUT2D eigenvalue weighted by atomic mass is 19.1. The Balaban J connectivity index is 1.27. The zero-order chi connectivity index (χ0) is 25.9. The van der Waals surface area contributed by atoms with Crippen LogP contribution in [0.1, 0.15) is 43.4 Å². The van der Waals surface area contributed by atoms with Crippen molar-refractivity contribution in [1.29, 1.82) is 0 Å². The highest BCUT2D eigenvalue weighted by molar-refractivity contribution is 5.76. The molecular formula is C26H35FN8O2. The molecular weight excluding hydrogens is 475 g/mol. The van der Waals surface area contributed by atoms with E-state index in [4.69, 9.17) is 4.98 Å². The van der Waals surface area contributed by atoms with Crippen molar-refractivity contribution in [2.24, 2.45) is 0 Å². The summed E-state index contributed by atoms with van der Waals surface area (Å²) in [7, 11) is 0. The first kappa shape index (κ1) is 26.5. The van der Waals surface area contributed by atoms with Gasteiger partial charge in [-0.1, -0.05) is 6.07 Å². The molecule has 0 saturated carbocycles. The topological polar surface area (TPSA) is 121 Å². The smallest absolute Gasteiger partial charge is 0.326 e. The van der Waals surface area contributed by atoms with Crippen LogP contribution in [0.25, 0.3) is 5.82 Å². The fourth-order valence-corrected chi connectivity index (χ4v) is 4.47. The van der Waals surface area contributed by atoms with Gasteiger partial charge in [0, 0.05) is 43.8 Å². The highest BCUT2D eigenvalue weighted by Gasteiger charge is 2.20. The number of carbonyl (C=O) groups is 1. The Hall–Kier alpha value is -3.60. The zero-order valence-electron chi connectivity index (χ0n) is 21.0. The standard InChI is InChI=1S/C26H35FN8O2/c27-11-4-15-34(14-2-1-7-21-9-8-20-6-3-12-28-25(20)32-21)17-10-22(26(36)37)33-23-18-24(30-19-29-23)35-16-5-13-31-35/h5,8-9,13,16,18-19,22H,1-4,6-7,10-12,14-15,17H2,(H,28,32)(H,36,37)(H,29,30,33)/t22-/m0/s1. The van der Waals surface area contributed by atoms with Crippen LogP contribution in [0.3, 0.4) is 0 Å². The molecule has 1 aliphatic rings. The van der Waals surface area contributed by atoms with Gasteiger partial charge < -0.3 is 20.6 Å². The van der Waals surface area contributed by atoms with Gasteiger partial charge >= 0.3 is 5.97 Å². The maximum Gasteiger partial charge on any atom is 0.326 e. The van der Waals surface area contributed by atoms with Crippen molar-refractivity contribution >= 4 is 17.6 Å². The molecule has 1 atom stereocenters. The number of rotatable bonds is 15. The van der Waals surface area contributed by atoms with Crippen LogP contribution < -0.4 is 10.6 Å². The number of hydrogen-bond donors (Lipinski definition) is 3. The lowest BCUT2D eigenvalue weighted by Gasteiger charge is -2.24. The SMILES string of the molecule is O=C(O)[C@H](CCN(CCCF)CCCCc1ccc2c(n1)NCCC2)Nc1cc(-n2cccn2)ncn1. The number of pyridine rings is 1. The maximum atomic E-state index is 12.9. The molecule has 4 heterocycles. The van der Waals surface area contributed by atoms with Gasteiger partial charge in [-0.3, -0.25) is 4.39 Å². The van der Waals surface area contributed by atoms with E-state index in [0.717, 1.165) is 56.7 Å². The molecule has 37 heavy (non-hydrogen) atoms. The molecule has 3 N–H and O–H groups in total. The quantitative estimate of drug-likeness (QED) is 0.264. The number of carboxylic acids is 1. The molecule has 0 aromatic carbocycles. The summed E-state index contributed by atoms with van der Waals surface area (Å²) >= 11 is 0. The van der Waals surface area contributed by atoms with Crippen molar-refractivity contribution in [1.82, 2.24) is 29.6 Å². The molecule has 198 valence electrons. The van der Waals surface area contributed by atoms with Crippen LogP contribution in [0.5, 0.6) is 0 Å². The number of anilines is 2. The van der Waals surface area contributed by atoms with E-state index >= 15 is 0 Å². The summed E-state index contributed by atoms with van der Waals surface area (Å²) in [4.78, 5) is 27.2. The molecule has 0 saturated heterocycles. The zero-order valence-corrected chi connectivity index (χ0v) is 21.0. The molecule has 0 fully saturated rings. The van der Waals surface area contributed by atoms with E-state index in [1.807, 2.05) is 0 Å². The lowest BCUT2D eigenvalue weighted by atomic mass is 10.1. The van der Waals surface area contributed by atoms with Crippen LogP contribution in [0.15, 0.2) is 43.0 Å². The minimum absolute atomic E-state index is 0.362. The second-order valence-corrected chi connectivity index (χ2v) is 9.22. The molecule has 0 radical (unpaired) electrons. The summed E-state index contributed by atoms with van der Waals surface area (Å²) in [5.74, 6) is 1.01. The average molecular weight is 511 g/mol. The number of hydrogen-bond acceptors (Lipinski definition) is 8. The summed E-state index contributed by atoms with van der Waals surface area (Å²) in [5, 5.41) is 20.3. The van der Waals surface area contributed by atoms with Crippen LogP contribution in [0, 0.1) is 0 Å². The van der Waals surface area contributed by atoms with Gasteiger partial charge in [-0.2, -0.15) is 5.10 Å². The Morgan fingerprint density at radius 1 is 1.22 bits per heavy atom. The number of carboxylic acid groups (broad SMARTS) is 1. The van der Waals surface area contributed by atoms with Gasteiger partial charge in [0.15, 0.2) is 5.82 Å². The minimum Gasteiger partial charge on any atom is -0.480 e. The number of aryl methyl sites for hydroxylation is 2. The molecule has 0 amide bonds. The second-order valence-electron chi connectivity index (χ2n) is 9.22. The number of halogens is 1. The number of aromatic nitrogens is 5. The van der Waals surface area contributed by atoms with Gasteiger partial charge in [-0.25, -0.2) is 24.4 Å². The summed E-state index contributed by atoms with van der Waals surface area (Å²) in [6.07, 6.45) is 10.6. The Bertz CT molecular complexity index is 1130. The van der Waals surface area contributed by atoms with Gasteiger partial charge in [-0.15, -0.1) is 0 Å². The van der Waals surface area contributed by atoms with Crippen LogP contribution in [-0.4, -0.2) is 79.6 Å². The van der Waals surface area contributed by atoms with Crippen molar-refractivity contribution in [2.45, 2.75) is 51.0 Å². The molecule has 11 heteroatoms. The van der Waals surface area contributed by atoms with E-state index in [0.29, 0.717) is 37.6 Å². The van der Waals surface area contributed by atoms with E-state index in [1.165, 1.54) is 11.9 Å². The fraction of sp³-hybridized carbons (Fsp3) is 0.500. The van der Waals surface area contributed by atoms with Crippen molar-refractivity contribution in [3.05, 3.63) is 54.2 Å². The third-order valence-electron chi connectivity index (χ3n) is 6.46. The van der Waals surface area contributed by atoms with Gasteiger partial charge in [0.05, 0.1) is 6.67 Å². The largest absolute Gasteiger partial charge is 0.480 e. The van der Waals surface area contributed by atoms with Crippen LogP contribution in [0.2, 0.25) is 0 Å². The predicted octanol–water partition coefficient (Wildman–Crippen LogP) is 3.36. The second kappa shape index (κ2) is 13.6. The number of unbranched alkanes of at least 4 members (excludes halogenated alkanes) is 1. The van der Waals surface area contributed by atoms with Crippen LogP contribution in [0.4, 0.5) is 16.0 Å². The summed E-state index contributed by atoms with van der Waals surface area (Å²) < 4.78 is 14.5. The molecule has 3 aromatic heterocycles. The summed E-state index contributed by atoms with van der Waals surface area (Å²) in [6, 6.07) is 6.89. The minimum atomic E-state index is -0.961. The number of nitrogens with one attached hydrogen (secondary N) is 2. The van der Waals surface area contributed by atoms with Gasteiger partial charge in [-0.05, 0) is 69.2 Å². The normalized spacial score (nSPS) is 13.7. The third-order valence-corrected chi connectivity index (χ3v) is 6.46. The van der Waals surface area contributed by atoms with Gasteiger partial charge in [0.2, 0.25) is 0 Å². The monoisotopic (exact) mass is 510 g/mol. The summed E-state index contributed by atoms with van der Waals surface area (Å²) in [5.41, 5.74) is 2.37. The lowest BCUT2D eigenvalue weighted by Crippen LogP contribution is -2.36. The van der Waals surface area contributed by atoms with E-state index in [1.54, 1.807) is 29.2 Å². The number of alkyl halides is 1. The third kappa shape index (κ3) is 7.94. The lowest BCUT2D eigenvalue weighted by molar-refractivity contribution is -0.138. The van der Waals surface area contributed by atoms with Crippen LogP contribution >= 0.6 is 0 Å². The molecule has 3 aromatic rings. The first-order valence-corrected chi connectivity index (χ1v) is 12.9. The number of nitrogens with zero attached hydrogens (tertiary/aromatic N) is 6. The molecule has 0 aliphatic carbocycles. The molecule has 1 aliphatic heterocycles. The Morgan fingerprint density at radius 2 is 2.11 bits per heavy atom. The fourth-order valence-electron chi connectivity index (χ4n) is 4.47. The van der Waals surface area contributed by atoms with Crippen molar-refractivity contribution in [2.75, 3.05) is 43.5 Å². The summed E-state index contributed by atoms with van der Waals surface area (Å²) in [6.45, 7) is 2.51. The van der Waals surface area contributed by atoms with Crippen molar-refractivity contribution in [3.8, 4) is 5.82 Å². The Morgan fingerprint density at radius 3 is 2.92 bits per heavy atom. The predicted molar refractivity (Wildman–Crippen MR) is 140 cm³/mol. The molecule has 0 spiro atoms. The Labute approximate surface area is 216 Å². The van der Waals surface area contributed by atoms with E-state index < -0.39 is 12.0 Å². The van der Waals surface area contributed by atoms with Crippen molar-refractivity contribution < 1.29 is 14.3 Å². The van der Waals surface area contributed by atoms with Crippen molar-refractivity contribution in [3.63, 3.8) is 0 Å². The first-order chi connectivity index (χ1) is 18.1. The van der Waals surface area contributed by atoms with E-state index in [2.05, 4.69) is 42.7 Å². The molecule has 4 rings (SSSR count).